The Hall–Kier alpha value is -2.60. The van der Waals surface area contributed by atoms with Crippen molar-refractivity contribution in [2.45, 2.75) is 19.8 Å². The van der Waals surface area contributed by atoms with Gasteiger partial charge in [0, 0.05) is 36.9 Å². The average molecular weight is 432 g/mol. The molecule has 1 heterocycles. The van der Waals surface area contributed by atoms with Gasteiger partial charge in [0.1, 0.15) is 0 Å². The zero-order valence-corrected chi connectivity index (χ0v) is 18.6. The summed E-state index contributed by atoms with van der Waals surface area (Å²) in [6.45, 7) is 5.22. The van der Waals surface area contributed by atoms with Gasteiger partial charge in [0.15, 0.2) is 11.5 Å². The van der Waals surface area contributed by atoms with E-state index in [2.05, 4.69) is 28.5 Å². The number of nitrogens with zero attached hydrogens (tertiary/aromatic N) is 1. The molecule has 30 heavy (non-hydrogen) atoms. The van der Waals surface area contributed by atoms with Gasteiger partial charge in [0.25, 0.3) is 0 Å². The number of urea groups is 1. The number of ether oxygens (including phenoxy) is 2. The molecule has 0 spiro atoms. The van der Waals surface area contributed by atoms with Crippen molar-refractivity contribution in [1.82, 2.24) is 10.6 Å². The lowest BCUT2D eigenvalue weighted by molar-refractivity contribution is 0.239. The predicted molar refractivity (Wildman–Crippen MR) is 121 cm³/mol. The molecule has 1 unspecified atom stereocenters. The van der Waals surface area contributed by atoms with E-state index in [0.717, 1.165) is 36.5 Å². The van der Waals surface area contributed by atoms with E-state index in [9.17, 15) is 4.79 Å². The molecule has 6 nitrogen and oxygen atoms in total. The highest BCUT2D eigenvalue weighted by Crippen LogP contribution is 2.29. The van der Waals surface area contributed by atoms with Crippen LogP contribution in [0.3, 0.4) is 0 Å². The lowest BCUT2D eigenvalue weighted by Gasteiger charge is -2.21. The number of nitrogens with one attached hydrogen (secondary N) is 2. The van der Waals surface area contributed by atoms with Crippen LogP contribution >= 0.6 is 11.6 Å². The molecule has 0 radical (unpaired) electrons. The van der Waals surface area contributed by atoms with Crippen LogP contribution in [0.15, 0.2) is 36.4 Å². The first-order valence-electron chi connectivity index (χ1n) is 10.2. The number of halogens is 1. The smallest absolute Gasteiger partial charge is 0.314 e. The maximum absolute atomic E-state index is 12.2. The van der Waals surface area contributed by atoms with E-state index < -0.39 is 0 Å². The number of hydrogen-bond acceptors (Lipinski definition) is 4. The van der Waals surface area contributed by atoms with Gasteiger partial charge in [-0.15, -0.1) is 0 Å². The lowest BCUT2D eigenvalue weighted by atomic mass is 10.1. The molecule has 1 saturated heterocycles. The number of anilines is 1. The molecule has 2 amide bonds. The zero-order valence-electron chi connectivity index (χ0n) is 17.8. The van der Waals surface area contributed by atoms with Crippen LogP contribution in [-0.2, 0) is 6.42 Å². The van der Waals surface area contributed by atoms with Crippen molar-refractivity contribution in [3.8, 4) is 11.5 Å². The molecule has 162 valence electrons. The summed E-state index contributed by atoms with van der Waals surface area (Å²) in [7, 11) is 3.23. The highest BCUT2D eigenvalue weighted by molar-refractivity contribution is 6.30. The number of methoxy groups -OCH3 is 2. The lowest BCUT2D eigenvalue weighted by Crippen LogP contribution is -2.39. The molecule has 3 rings (SSSR count). The first kappa shape index (κ1) is 22.1. The Morgan fingerprint density at radius 1 is 1.13 bits per heavy atom. The van der Waals surface area contributed by atoms with Crippen LogP contribution in [-0.4, -0.2) is 46.4 Å². The molecule has 2 aromatic carbocycles. The molecule has 0 aliphatic carbocycles. The van der Waals surface area contributed by atoms with Crippen molar-refractivity contribution < 1.29 is 14.3 Å². The molecule has 0 aromatic heterocycles. The third kappa shape index (κ3) is 5.72. The molecule has 2 aromatic rings. The highest BCUT2D eigenvalue weighted by Gasteiger charge is 2.24. The number of carbonyl (C=O) groups is 1. The fourth-order valence-electron chi connectivity index (χ4n) is 3.80. The molecule has 0 saturated carbocycles. The van der Waals surface area contributed by atoms with Gasteiger partial charge < -0.3 is 25.0 Å². The summed E-state index contributed by atoms with van der Waals surface area (Å²) in [5.41, 5.74) is 3.49. The third-order valence-electron chi connectivity index (χ3n) is 5.50. The maximum Gasteiger partial charge on any atom is 0.314 e. The van der Waals surface area contributed by atoms with Crippen LogP contribution in [0, 0.1) is 12.8 Å². The summed E-state index contributed by atoms with van der Waals surface area (Å²) in [4.78, 5) is 14.5. The Labute approximate surface area is 183 Å². The molecule has 7 heteroatoms. The molecule has 1 fully saturated rings. The minimum Gasteiger partial charge on any atom is -0.493 e. The van der Waals surface area contributed by atoms with Crippen LogP contribution in [0.25, 0.3) is 0 Å². The molecule has 2 N–H and O–H groups in total. The topological polar surface area (TPSA) is 62.8 Å². The second-order valence-electron chi connectivity index (χ2n) is 7.61. The van der Waals surface area contributed by atoms with Gasteiger partial charge in [-0.1, -0.05) is 23.7 Å². The quantitative estimate of drug-likeness (QED) is 0.662. The van der Waals surface area contributed by atoms with Gasteiger partial charge in [0.2, 0.25) is 0 Å². The first-order valence-corrected chi connectivity index (χ1v) is 10.6. The molecule has 1 atom stereocenters. The Morgan fingerprint density at radius 3 is 2.70 bits per heavy atom. The number of rotatable bonds is 8. The van der Waals surface area contributed by atoms with E-state index in [0.29, 0.717) is 30.5 Å². The molecule has 1 aliphatic rings. The Balaban J connectivity index is 1.40. The third-order valence-corrected chi connectivity index (χ3v) is 5.73. The van der Waals surface area contributed by atoms with Crippen molar-refractivity contribution in [3.05, 3.63) is 52.5 Å². The maximum atomic E-state index is 12.2. The summed E-state index contributed by atoms with van der Waals surface area (Å²) in [5, 5.41) is 6.69. The van der Waals surface area contributed by atoms with E-state index in [4.69, 9.17) is 21.1 Å². The van der Waals surface area contributed by atoms with Crippen LogP contribution < -0.4 is 25.0 Å². The minimum absolute atomic E-state index is 0.132. The number of aryl methyl sites for hydroxylation is 1. The Kier molecular flexibility index (Phi) is 7.69. The molecule has 0 bridgehead atoms. The number of hydrogen-bond donors (Lipinski definition) is 2. The van der Waals surface area contributed by atoms with Gasteiger partial charge in [-0.3, -0.25) is 0 Å². The fraction of sp³-hybridized carbons (Fsp3) is 0.435. The van der Waals surface area contributed by atoms with Crippen LogP contribution in [0.5, 0.6) is 11.5 Å². The Bertz CT molecular complexity index is 875. The van der Waals surface area contributed by atoms with Crippen molar-refractivity contribution in [3.63, 3.8) is 0 Å². The first-order chi connectivity index (χ1) is 14.5. The van der Waals surface area contributed by atoms with E-state index in [-0.39, 0.29) is 6.03 Å². The molecule has 1 aliphatic heterocycles. The minimum atomic E-state index is -0.132. The predicted octanol–water partition coefficient (Wildman–Crippen LogP) is 4.03. The zero-order chi connectivity index (χ0) is 21.5. The van der Waals surface area contributed by atoms with Crippen molar-refractivity contribution in [1.29, 1.82) is 0 Å². The van der Waals surface area contributed by atoms with Crippen molar-refractivity contribution in [2.24, 2.45) is 5.92 Å². The van der Waals surface area contributed by atoms with E-state index in [1.165, 1.54) is 11.3 Å². The van der Waals surface area contributed by atoms with Crippen LogP contribution in [0.1, 0.15) is 17.5 Å². The van der Waals surface area contributed by atoms with Gasteiger partial charge in [-0.25, -0.2) is 4.79 Å². The number of benzene rings is 2. The van der Waals surface area contributed by atoms with Gasteiger partial charge >= 0.3 is 6.03 Å². The number of carbonyl (C=O) groups excluding carboxylic acids is 1. The summed E-state index contributed by atoms with van der Waals surface area (Å²) < 4.78 is 10.6. The summed E-state index contributed by atoms with van der Waals surface area (Å²) in [5.74, 6) is 1.82. The SMILES string of the molecule is COc1ccc(CCNC(=O)NCC2CCN(c3cc(Cl)ccc3C)C2)cc1OC. The summed E-state index contributed by atoms with van der Waals surface area (Å²) in [6, 6.07) is 11.6. The van der Waals surface area contributed by atoms with E-state index >= 15 is 0 Å². The normalized spacial score (nSPS) is 15.7. The largest absolute Gasteiger partial charge is 0.493 e. The van der Waals surface area contributed by atoms with E-state index in [1.54, 1.807) is 14.2 Å². The average Bonchev–Trinajstić information content (AvgIpc) is 3.22. The van der Waals surface area contributed by atoms with Crippen LogP contribution in [0.4, 0.5) is 10.5 Å². The molecular weight excluding hydrogens is 402 g/mol. The van der Waals surface area contributed by atoms with E-state index in [1.807, 2.05) is 30.3 Å². The fourth-order valence-corrected chi connectivity index (χ4v) is 3.96. The summed E-state index contributed by atoms with van der Waals surface area (Å²) in [6.07, 6.45) is 1.77. The van der Waals surface area contributed by atoms with Gasteiger partial charge in [-0.2, -0.15) is 0 Å². The van der Waals surface area contributed by atoms with Crippen molar-refractivity contribution >= 4 is 23.3 Å². The second-order valence-corrected chi connectivity index (χ2v) is 8.04. The van der Waals surface area contributed by atoms with Crippen molar-refractivity contribution in [2.75, 3.05) is 45.3 Å². The molecular formula is C23H30ClN3O3. The highest BCUT2D eigenvalue weighted by atomic mass is 35.5. The summed E-state index contributed by atoms with van der Waals surface area (Å²) >= 11 is 6.15. The second kappa shape index (κ2) is 10.4. The standard InChI is InChI=1S/C23H30ClN3O3/c1-16-4-6-19(24)13-20(16)27-11-9-18(15-27)14-26-23(28)25-10-8-17-5-7-21(29-2)22(12-17)30-3/h4-7,12-13,18H,8-11,14-15H2,1-3H3,(H2,25,26,28). The van der Waals surface area contributed by atoms with Crippen LogP contribution in [0.2, 0.25) is 5.02 Å². The monoisotopic (exact) mass is 431 g/mol. The van der Waals surface area contributed by atoms with Gasteiger partial charge in [-0.05, 0) is 61.1 Å². The number of amides is 2. The van der Waals surface area contributed by atoms with Gasteiger partial charge in [0.05, 0.1) is 14.2 Å². The Morgan fingerprint density at radius 2 is 1.93 bits per heavy atom.